The van der Waals surface area contributed by atoms with Gasteiger partial charge in [0.25, 0.3) is 0 Å². The highest BCUT2D eigenvalue weighted by Gasteiger charge is 2.50. The summed E-state index contributed by atoms with van der Waals surface area (Å²) in [5.41, 5.74) is 11.1. The summed E-state index contributed by atoms with van der Waals surface area (Å²) in [6, 6.07) is 60.5. The van der Waals surface area contributed by atoms with Gasteiger partial charge in [0.1, 0.15) is 0 Å². The van der Waals surface area contributed by atoms with Gasteiger partial charge < -0.3 is 4.90 Å². The predicted octanol–water partition coefficient (Wildman–Crippen LogP) is 12.4. The number of thiophene rings is 1. The lowest BCUT2D eigenvalue weighted by Crippen LogP contribution is -2.32. The van der Waals surface area contributed by atoms with Crippen LogP contribution in [0.15, 0.2) is 174 Å². The molecule has 1 nitrogen and oxygen atoms in total. The number of anilines is 3. The quantitative estimate of drug-likeness (QED) is 0.193. The normalized spacial score (nSPS) is 15.8. The zero-order valence-electron chi connectivity index (χ0n) is 24.9. The molecule has 1 atom stereocenters. The van der Waals surface area contributed by atoms with Gasteiger partial charge in [0.2, 0.25) is 0 Å². The van der Waals surface area contributed by atoms with Crippen molar-refractivity contribution in [3.8, 4) is 11.1 Å². The average Bonchev–Trinajstić information content (AvgIpc) is 3.64. The Kier molecular flexibility index (Phi) is 5.66. The molecule has 8 aromatic rings. The predicted molar refractivity (Wildman–Crippen MR) is 195 cm³/mol. The Hall–Kier alpha value is -5.09. The molecule has 0 amide bonds. The van der Waals surface area contributed by atoms with Crippen molar-refractivity contribution in [3.05, 3.63) is 186 Å². The third kappa shape index (κ3) is 3.53. The number of nitrogens with zero attached hydrogens (tertiary/aromatic N) is 1. The molecule has 1 spiro atoms. The van der Waals surface area contributed by atoms with E-state index < -0.39 is 5.41 Å². The molecule has 1 aliphatic carbocycles. The SMILES string of the molecule is c1ccc(N(c2ccccc2)c2ccc3c(c2)C2(c4ccccc4Sc4c2ccc2sc5ccccc5c42)c2ccccc2-3)cc1. The van der Waals surface area contributed by atoms with Gasteiger partial charge in [-0.2, -0.15) is 0 Å². The van der Waals surface area contributed by atoms with E-state index in [-0.39, 0.29) is 0 Å². The number of para-hydroxylation sites is 2. The van der Waals surface area contributed by atoms with Gasteiger partial charge >= 0.3 is 0 Å². The van der Waals surface area contributed by atoms with Gasteiger partial charge in [-0.3, -0.25) is 0 Å². The molecular formula is C43H27NS2. The molecule has 1 aliphatic heterocycles. The van der Waals surface area contributed by atoms with Crippen molar-refractivity contribution in [2.75, 3.05) is 4.90 Å². The maximum absolute atomic E-state index is 2.47. The molecule has 0 fully saturated rings. The van der Waals surface area contributed by atoms with Crippen LogP contribution in [0.1, 0.15) is 22.3 Å². The third-order valence-corrected chi connectivity index (χ3v) is 12.1. The van der Waals surface area contributed by atoms with Crippen LogP contribution in [0.5, 0.6) is 0 Å². The highest BCUT2D eigenvalue weighted by atomic mass is 32.2. The lowest BCUT2D eigenvalue weighted by atomic mass is 9.67. The molecule has 10 rings (SSSR count). The number of benzene rings is 7. The molecule has 2 heterocycles. The first-order chi connectivity index (χ1) is 22.8. The van der Waals surface area contributed by atoms with Gasteiger partial charge in [-0.1, -0.05) is 121 Å². The Balaban J connectivity index is 1.33. The van der Waals surface area contributed by atoms with Crippen molar-refractivity contribution in [1.82, 2.24) is 0 Å². The summed E-state index contributed by atoms with van der Waals surface area (Å²) >= 11 is 3.84. The molecule has 0 bridgehead atoms. The summed E-state index contributed by atoms with van der Waals surface area (Å²) in [6.07, 6.45) is 0. The first-order valence-corrected chi connectivity index (χ1v) is 17.3. The largest absolute Gasteiger partial charge is 0.310 e. The van der Waals surface area contributed by atoms with Crippen LogP contribution >= 0.6 is 23.1 Å². The summed E-state index contributed by atoms with van der Waals surface area (Å²) in [5.74, 6) is 0. The fourth-order valence-electron chi connectivity index (χ4n) is 7.90. The molecule has 46 heavy (non-hydrogen) atoms. The van der Waals surface area contributed by atoms with Crippen LogP contribution in [-0.2, 0) is 5.41 Å². The van der Waals surface area contributed by atoms with E-state index in [1.165, 1.54) is 63.3 Å². The molecule has 0 N–H and O–H groups in total. The van der Waals surface area contributed by atoms with Crippen LogP contribution in [-0.4, -0.2) is 0 Å². The second-order valence-corrected chi connectivity index (χ2v) is 14.2. The van der Waals surface area contributed by atoms with Crippen molar-refractivity contribution < 1.29 is 0 Å². The molecule has 0 radical (unpaired) electrons. The Morgan fingerprint density at radius 3 is 1.89 bits per heavy atom. The molecular weight excluding hydrogens is 595 g/mol. The van der Waals surface area contributed by atoms with Crippen LogP contribution < -0.4 is 4.90 Å². The molecule has 1 unspecified atom stereocenters. The van der Waals surface area contributed by atoms with Crippen molar-refractivity contribution in [3.63, 3.8) is 0 Å². The molecule has 3 heteroatoms. The molecule has 216 valence electrons. The minimum Gasteiger partial charge on any atom is -0.310 e. The molecule has 7 aromatic carbocycles. The van der Waals surface area contributed by atoms with E-state index in [0.29, 0.717) is 0 Å². The summed E-state index contributed by atoms with van der Waals surface area (Å²) < 4.78 is 2.69. The van der Waals surface area contributed by atoms with E-state index in [2.05, 4.69) is 169 Å². The van der Waals surface area contributed by atoms with Crippen LogP contribution in [0.2, 0.25) is 0 Å². The Morgan fingerprint density at radius 2 is 1.09 bits per heavy atom. The van der Waals surface area contributed by atoms with Crippen molar-refractivity contribution in [2.24, 2.45) is 0 Å². The van der Waals surface area contributed by atoms with E-state index in [9.17, 15) is 0 Å². The fourth-order valence-corrected chi connectivity index (χ4v) is 10.4. The van der Waals surface area contributed by atoms with Gasteiger partial charge in [0.15, 0.2) is 0 Å². The van der Waals surface area contributed by atoms with E-state index >= 15 is 0 Å². The minimum atomic E-state index is -0.449. The zero-order chi connectivity index (χ0) is 30.2. The Bertz CT molecular complexity index is 2420. The van der Waals surface area contributed by atoms with Crippen LogP contribution in [0.3, 0.4) is 0 Å². The maximum Gasteiger partial charge on any atom is 0.0736 e. The van der Waals surface area contributed by atoms with Crippen LogP contribution in [0, 0.1) is 0 Å². The highest BCUT2D eigenvalue weighted by molar-refractivity contribution is 7.99. The van der Waals surface area contributed by atoms with E-state index in [0.717, 1.165) is 17.1 Å². The van der Waals surface area contributed by atoms with E-state index in [1.54, 1.807) is 0 Å². The molecule has 2 aliphatic rings. The van der Waals surface area contributed by atoms with Gasteiger partial charge in [-0.05, 0) is 88.0 Å². The summed E-state index contributed by atoms with van der Waals surface area (Å²) in [7, 11) is 0. The van der Waals surface area contributed by atoms with Gasteiger partial charge in [0, 0.05) is 47.0 Å². The third-order valence-electron chi connectivity index (χ3n) is 9.72. The average molecular weight is 622 g/mol. The second-order valence-electron chi connectivity index (χ2n) is 12.0. The molecule has 1 aromatic heterocycles. The van der Waals surface area contributed by atoms with Gasteiger partial charge in [-0.15, -0.1) is 11.3 Å². The van der Waals surface area contributed by atoms with E-state index in [4.69, 9.17) is 0 Å². The molecule has 0 saturated carbocycles. The summed E-state index contributed by atoms with van der Waals surface area (Å²) in [4.78, 5) is 5.09. The minimum absolute atomic E-state index is 0.449. The maximum atomic E-state index is 2.47. The number of fused-ring (bicyclic) bond motifs is 13. The summed E-state index contributed by atoms with van der Waals surface area (Å²) in [6.45, 7) is 0. The Labute approximate surface area is 276 Å². The van der Waals surface area contributed by atoms with Crippen LogP contribution in [0.25, 0.3) is 31.3 Å². The zero-order valence-corrected chi connectivity index (χ0v) is 26.5. The Morgan fingerprint density at radius 1 is 0.435 bits per heavy atom. The lowest BCUT2D eigenvalue weighted by Gasteiger charge is -2.40. The number of hydrogen-bond acceptors (Lipinski definition) is 3. The first kappa shape index (κ1) is 26.2. The monoisotopic (exact) mass is 621 g/mol. The highest BCUT2D eigenvalue weighted by Crippen LogP contribution is 2.64. The van der Waals surface area contributed by atoms with E-state index in [1.807, 2.05) is 23.1 Å². The van der Waals surface area contributed by atoms with Gasteiger partial charge in [0.05, 0.1) is 5.41 Å². The topological polar surface area (TPSA) is 3.24 Å². The fraction of sp³-hybridized carbons (Fsp3) is 0.0233. The van der Waals surface area contributed by atoms with Crippen molar-refractivity contribution in [1.29, 1.82) is 0 Å². The van der Waals surface area contributed by atoms with Crippen LogP contribution in [0.4, 0.5) is 17.1 Å². The standard InChI is InChI=1S/C43H27NS2/c1-3-13-28(14-4-1)44(29-15-5-2-6-16-29)30-23-24-32-31-17-7-9-19-34(31)43(37(32)27-30)35-20-10-12-22-39(35)46-42-36(43)25-26-40-41(42)33-18-8-11-21-38(33)45-40/h1-27H. The second kappa shape index (κ2) is 9.95. The summed E-state index contributed by atoms with van der Waals surface area (Å²) in [5, 5.41) is 2.73. The van der Waals surface area contributed by atoms with Crippen molar-refractivity contribution in [2.45, 2.75) is 15.2 Å². The lowest BCUT2D eigenvalue weighted by molar-refractivity contribution is 0.726. The van der Waals surface area contributed by atoms with Crippen molar-refractivity contribution >= 4 is 60.3 Å². The smallest absolute Gasteiger partial charge is 0.0736 e. The number of rotatable bonds is 3. The number of hydrogen-bond donors (Lipinski definition) is 0. The van der Waals surface area contributed by atoms with Gasteiger partial charge in [-0.25, -0.2) is 0 Å². The first-order valence-electron chi connectivity index (χ1n) is 15.7. The molecule has 0 saturated heterocycles.